The summed E-state index contributed by atoms with van der Waals surface area (Å²) in [6.45, 7) is 1.97. The lowest BCUT2D eigenvalue weighted by Gasteiger charge is -2.12. The van der Waals surface area contributed by atoms with Crippen LogP contribution in [0.25, 0.3) is 0 Å². The van der Waals surface area contributed by atoms with E-state index in [-0.39, 0.29) is 11.8 Å². The Morgan fingerprint density at radius 2 is 2.29 bits per heavy atom. The summed E-state index contributed by atoms with van der Waals surface area (Å²) in [5.74, 6) is 5.34. The summed E-state index contributed by atoms with van der Waals surface area (Å²) >= 11 is 1.58. The second-order valence-electron chi connectivity index (χ2n) is 3.30. The van der Waals surface area contributed by atoms with Crippen molar-refractivity contribution in [3.05, 3.63) is 21.9 Å². The van der Waals surface area contributed by atoms with Crippen molar-refractivity contribution in [2.45, 2.75) is 13.0 Å². The van der Waals surface area contributed by atoms with Crippen LogP contribution < -0.4 is 11.3 Å². The zero-order valence-corrected chi connectivity index (χ0v) is 9.78. The highest BCUT2D eigenvalue weighted by Gasteiger charge is 2.16. The molecule has 0 aliphatic rings. The van der Waals surface area contributed by atoms with Crippen LogP contribution in [0.15, 0.2) is 11.4 Å². The van der Waals surface area contributed by atoms with E-state index in [4.69, 9.17) is 5.84 Å². The summed E-state index contributed by atoms with van der Waals surface area (Å²) in [5.41, 5.74) is 3.45. The number of rotatable bonds is 4. The Hall–Kier alpha value is -0.430. The van der Waals surface area contributed by atoms with Gasteiger partial charge in [0.05, 0.1) is 11.8 Å². The second kappa shape index (κ2) is 4.39. The molecule has 0 saturated heterocycles. The van der Waals surface area contributed by atoms with Crippen molar-refractivity contribution in [2.75, 3.05) is 12.0 Å². The molecule has 0 radical (unpaired) electrons. The summed E-state index contributed by atoms with van der Waals surface area (Å²) in [7, 11) is -3.01. The van der Waals surface area contributed by atoms with E-state index in [0.717, 1.165) is 10.4 Å². The summed E-state index contributed by atoms with van der Waals surface area (Å²) in [4.78, 5) is 1.15. The number of hydrogen-bond acceptors (Lipinski definition) is 5. The Morgan fingerprint density at radius 3 is 2.64 bits per heavy atom. The van der Waals surface area contributed by atoms with Crippen LogP contribution in [0.4, 0.5) is 0 Å². The van der Waals surface area contributed by atoms with E-state index in [9.17, 15) is 8.42 Å². The molecule has 0 amide bonds. The van der Waals surface area contributed by atoms with E-state index < -0.39 is 9.84 Å². The average Bonchev–Trinajstić information content (AvgIpc) is 2.46. The first-order chi connectivity index (χ1) is 6.42. The zero-order valence-electron chi connectivity index (χ0n) is 8.15. The summed E-state index contributed by atoms with van der Waals surface area (Å²) in [5, 5.41) is 1.92. The van der Waals surface area contributed by atoms with Crippen LogP contribution in [-0.2, 0) is 9.84 Å². The quantitative estimate of drug-likeness (QED) is 0.591. The maximum Gasteiger partial charge on any atom is 0.149 e. The molecule has 80 valence electrons. The Balaban J connectivity index is 2.83. The zero-order chi connectivity index (χ0) is 10.8. The molecule has 1 rings (SSSR count). The molecular formula is C8H14N2O2S2. The van der Waals surface area contributed by atoms with Gasteiger partial charge in [-0.25, -0.2) is 8.42 Å². The smallest absolute Gasteiger partial charge is 0.149 e. The topological polar surface area (TPSA) is 72.2 Å². The van der Waals surface area contributed by atoms with Crippen molar-refractivity contribution in [1.29, 1.82) is 0 Å². The molecule has 0 saturated carbocycles. The Labute approximate surface area is 88.0 Å². The van der Waals surface area contributed by atoms with Crippen molar-refractivity contribution in [3.8, 4) is 0 Å². The van der Waals surface area contributed by atoms with Gasteiger partial charge >= 0.3 is 0 Å². The van der Waals surface area contributed by atoms with Gasteiger partial charge in [-0.2, -0.15) is 0 Å². The first-order valence-corrected chi connectivity index (χ1v) is 7.05. The van der Waals surface area contributed by atoms with Crippen LogP contribution in [-0.4, -0.2) is 20.4 Å². The highest BCUT2D eigenvalue weighted by atomic mass is 32.2. The van der Waals surface area contributed by atoms with Crippen LogP contribution >= 0.6 is 11.3 Å². The molecule has 1 aromatic heterocycles. The fourth-order valence-corrected chi connectivity index (χ4v) is 2.84. The lowest BCUT2D eigenvalue weighted by atomic mass is 10.2. The summed E-state index contributed by atoms with van der Waals surface area (Å²) in [6, 6.07) is 1.63. The van der Waals surface area contributed by atoms with Crippen LogP contribution in [0, 0.1) is 6.92 Å². The number of hydrazine groups is 1. The first-order valence-electron chi connectivity index (χ1n) is 4.11. The van der Waals surface area contributed by atoms with Gasteiger partial charge in [-0.1, -0.05) is 0 Å². The monoisotopic (exact) mass is 234 g/mol. The van der Waals surface area contributed by atoms with Crippen molar-refractivity contribution in [3.63, 3.8) is 0 Å². The molecule has 0 aliphatic carbocycles. The lowest BCUT2D eigenvalue weighted by molar-refractivity contribution is 0.565. The standard InChI is InChI=1S/C8H14N2O2S2/c1-6-3-7(4-13-6)8(10-9)5-14(2,11)12/h3-4,8,10H,5,9H2,1-2H3. The van der Waals surface area contributed by atoms with Gasteiger partial charge in [-0.15, -0.1) is 11.3 Å². The molecule has 4 nitrogen and oxygen atoms in total. The molecule has 0 aliphatic heterocycles. The third-order valence-corrected chi connectivity index (χ3v) is 3.64. The minimum Gasteiger partial charge on any atom is -0.271 e. The predicted octanol–water partition coefficient (Wildman–Crippen LogP) is 0.606. The Bertz CT molecular complexity index is 397. The third kappa shape index (κ3) is 3.38. The van der Waals surface area contributed by atoms with Gasteiger partial charge in [0.15, 0.2) is 0 Å². The van der Waals surface area contributed by atoms with Gasteiger partial charge in [0.1, 0.15) is 9.84 Å². The maximum absolute atomic E-state index is 11.1. The number of sulfone groups is 1. The van der Waals surface area contributed by atoms with Gasteiger partial charge in [-0.05, 0) is 23.9 Å². The van der Waals surface area contributed by atoms with E-state index in [0.29, 0.717) is 0 Å². The van der Waals surface area contributed by atoms with E-state index in [2.05, 4.69) is 5.43 Å². The van der Waals surface area contributed by atoms with Crippen molar-refractivity contribution >= 4 is 21.2 Å². The predicted molar refractivity (Wildman–Crippen MR) is 58.8 cm³/mol. The fraction of sp³-hybridized carbons (Fsp3) is 0.500. The molecule has 3 N–H and O–H groups in total. The molecule has 14 heavy (non-hydrogen) atoms. The molecule has 0 aromatic carbocycles. The minimum absolute atomic E-state index is 0.0275. The number of nitrogens with two attached hydrogens (primary N) is 1. The van der Waals surface area contributed by atoms with Crippen molar-refractivity contribution < 1.29 is 8.42 Å². The Kier molecular flexibility index (Phi) is 3.65. The van der Waals surface area contributed by atoms with Crippen LogP contribution in [0.5, 0.6) is 0 Å². The normalized spacial score (nSPS) is 14.2. The minimum atomic E-state index is -3.01. The SMILES string of the molecule is Cc1cc(C(CS(C)(=O)=O)NN)cs1. The molecule has 1 atom stereocenters. The number of thiophene rings is 1. The van der Waals surface area contributed by atoms with E-state index in [1.54, 1.807) is 11.3 Å². The van der Waals surface area contributed by atoms with E-state index in [1.807, 2.05) is 18.4 Å². The van der Waals surface area contributed by atoms with Crippen LogP contribution in [0.2, 0.25) is 0 Å². The highest BCUT2D eigenvalue weighted by Crippen LogP contribution is 2.20. The first kappa shape index (κ1) is 11.6. The van der Waals surface area contributed by atoms with Crippen LogP contribution in [0.3, 0.4) is 0 Å². The van der Waals surface area contributed by atoms with E-state index in [1.165, 1.54) is 6.26 Å². The molecule has 0 bridgehead atoms. The molecule has 1 unspecified atom stereocenters. The Morgan fingerprint density at radius 1 is 1.64 bits per heavy atom. The van der Waals surface area contributed by atoms with Gasteiger partial charge in [0, 0.05) is 11.1 Å². The van der Waals surface area contributed by atoms with Gasteiger partial charge in [0.25, 0.3) is 0 Å². The van der Waals surface area contributed by atoms with Crippen molar-refractivity contribution in [2.24, 2.45) is 5.84 Å². The summed E-state index contributed by atoms with van der Waals surface area (Å²) < 4.78 is 22.2. The number of aryl methyl sites for hydroxylation is 1. The molecule has 0 spiro atoms. The highest BCUT2D eigenvalue weighted by molar-refractivity contribution is 7.90. The average molecular weight is 234 g/mol. The molecule has 6 heteroatoms. The lowest BCUT2D eigenvalue weighted by Crippen LogP contribution is -2.32. The van der Waals surface area contributed by atoms with Gasteiger partial charge in [0.2, 0.25) is 0 Å². The number of hydrogen-bond donors (Lipinski definition) is 2. The third-order valence-electron chi connectivity index (χ3n) is 1.82. The molecule has 1 aromatic rings. The molecular weight excluding hydrogens is 220 g/mol. The van der Waals surface area contributed by atoms with Crippen LogP contribution in [0.1, 0.15) is 16.5 Å². The maximum atomic E-state index is 11.1. The van der Waals surface area contributed by atoms with Gasteiger partial charge < -0.3 is 0 Å². The molecule has 0 fully saturated rings. The van der Waals surface area contributed by atoms with Crippen molar-refractivity contribution in [1.82, 2.24) is 5.43 Å². The second-order valence-corrected chi connectivity index (χ2v) is 6.60. The number of nitrogens with one attached hydrogen (secondary N) is 1. The van der Waals surface area contributed by atoms with Gasteiger partial charge in [-0.3, -0.25) is 11.3 Å². The summed E-state index contributed by atoms with van der Waals surface area (Å²) in [6.07, 6.45) is 1.20. The molecule has 1 heterocycles. The van der Waals surface area contributed by atoms with E-state index >= 15 is 0 Å². The fourth-order valence-electron chi connectivity index (χ4n) is 1.19. The largest absolute Gasteiger partial charge is 0.271 e.